The molecular formula is C24H22F3N5O2. The average molecular weight is 469 g/mol. The third-order valence-electron chi connectivity index (χ3n) is 5.46. The van der Waals surface area contributed by atoms with Gasteiger partial charge in [0.1, 0.15) is 23.6 Å². The molecule has 1 unspecified atom stereocenters. The first-order valence-corrected chi connectivity index (χ1v) is 10.5. The minimum Gasteiger partial charge on any atom is -0.494 e. The van der Waals surface area contributed by atoms with Crippen molar-refractivity contribution in [3.8, 4) is 16.9 Å². The number of rotatable bonds is 8. The van der Waals surface area contributed by atoms with Gasteiger partial charge in [0.05, 0.1) is 13.2 Å². The molecule has 0 aliphatic rings. The Bertz CT molecular complexity index is 1250. The van der Waals surface area contributed by atoms with Gasteiger partial charge in [0.15, 0.2) is 5.60 Å². The van der Waals surface area contributed by atoms with E-state index in [4.69, 9.17) is 4.74 Å². The van der Waals surface area contributed by atoms with E-state index in [1.807, 2.05) is 6.92 Å². The van der Waals surface area contributed by atoms with Crippen LogP contribution in [0.15, 0.2) is 67.1 Å². The predicted octanol–water partition coefficient (Wildman–Crippen LogP) is 4.26. The van der Waals surface area contributed by atoms with Crippen LogP contribution < -0.4 is 4.74 Å². The lowest BCUT2D eigenvalue weighted by molar-refractivity contribution is -0.207. The first-order valence-electron chi connectivity index (χ1n) is 10.5. The van der Waals surface area contributed by atoms with E-state index in [-0.39, 0.29) is 0 Å². The number of halogens is 3. The minimum atomic E-state index is -3.99. The summed E-state index contributed by atoms with van der Waals surface area (Å²) in [6.07, 6.45) is 2.34. The van der Waals surface area contributed by atoms with Gasteiger partial charge < -0.3 is 9.84 Å². The number of aryl methyl sites for hydroxylation is 1. The SMILES string of the molecule is CCOc1ccc(-c2ccc(C(F)(F)C(O)(Cn3cnnn3)c3ccc(C)cc3F)nc2)cc1. The maximum atomic E-state index is 15.9. The van der Waals surface area contributed by atoms with Crippen LogP contribution >= 0.6 is 0 Å². The van der Waals surface area contributed by atoms with Crippen LogP contribution in [0.25, 0.3) is 11.1 Å². The summed E-state index contributed by atoms with van der Waals surface area (Å²) in [4.78, 5) is 3.93. The zero-order valence-corrected chi connectivity index (χ0v) is 18.5. The molecule has 0 bridgehead atoms. The van der Waals surface area contributed by atoms with E-state index in [0.29, 0.717) is 23.5 Å². The van der Waals surface area contributed by atoms with Gasteiger partial charge in [-0.25, -0.2) is 9.07 Å². The Kier molecular flexibility index (Phi) is 6.34. The smallest absolute Gasteiger partial charge is 0.323 e. The van der Waals surface area contributed by atoms with Gasteiger partial charge >= 0.3 is 5.92 Å². The molecule has 2 aromatic heterocycles. The Labute approximate surface area is 193 Å². The Morgan fingerprint density at radius 3 is 2.35 bits per heavy atom. The summed E-state index contributed by atoms with van der Waals surface area (Å²) < 4.78 is 52.9. The normalized spacial score (nSPS) is 13.5. The molecule has 1 atom stereocenters. The molecule has 0 aliphatic heterocycles. The van der Waals surface area contributed by atoms with Crippen LogP contribution in [0.3, 0.4) is 0 Å². The molecule has 0 aliphatic carbocycles. The summed E-state index contributed by atoms with van der Waals surface area (Å²) in [5.74, 6) is -4.27. The Morgan fingerprint density at radius 1 is 1.03 bits per heavy atom. The molecule has 0 saturated carbocycles. The van der Waals surface area contributed by atoms with Gasteiger partial charge in [0, 0.05) is 17.3 Å². The van der Waals surface area contributed by atoms with Gasteiger partial charge in [0.25, 0.3) is 0 Å². The number of alkyl halides is 2. The van der Waals surface area contributed by atoms with E-state index in [1.54, 1.807) is 31.2 Å². The zero-order valence-electron chi connectivity index (χ0n) is 18.5. The molecule has 10 heteroatoms. The van der Waals surface area contributed by atoms with E-state index in [0.717, 1.165) is 34.8 Å². The fourth-order valence-electron chi connectivity index (χ4n) is 3.67. The van der Waals surface area contributed by atoms with Crippen molar-refractivity contribution >= 4 is 0 Å². The molecule has 4 aromatic rings. The quantitative estimate of drug-likeness (QED) is 0.415. The predicted molar refractivity (Wildman–Crippen MR) is 118 cm³/mol. The number of hydrogen-bond donors (Lipinski definition) is 1. The molecule has 4 rings (SSSR count). The van der Waals surface area contributed by atoms with Crippen molar-refractivity contribution in [3.63, 3.8) is 0 Å². The second-order valence-electron chi connectivity index (χ2n) is 7.81. The Morgan fingerprint density at radius 2 is 1.76 bits per heavy atom. The molecule has 0 radical (unpaired) electrons. The number of pyridine rings is 1. The zero-order chi connectivity index (χ0) is 24.3. The lowest BCUT2D eigenvalue weighted by Crippen LogP contribution is -2.48. The first-order chi connectivity index (χ1) is 16.2. The van der Waals surface area contributed by atoms with Crippen molar-refractivity contribution < 1.29 is 23.0 Å². The number of hydrogen-bond acceptors (Lipinski definition) is 6. The fourth-order valence-corrected chi connectivity index (χ4v) is 3.67. The molecule has 0 saturated heterocycles. The summed E-state index contributed by atoms with van der Waals surface area (Å²) in [6.45, 7) is 3.22. The summed E-state index contributed by atoms with van der Waals surface area (Å²) in [6, 6.07) is 13.4. The largest absolute Gasteiger partial charge is 0.494 e. The van der Waals surface area contributed by atoms with Crippen molar-refractivity contribution in [1.82, 2.24) is 25.2 Å². The minimum absolute atomic E-state index is 0.521. The van der Waals surface area contributed by atoms with E-state index < -0.39 is 35.1 Å². The lowest BCUT2D eigenvalue weighted by Gasteiger charge is -2.35. The van der Waals surface area contributed by atoms with Crippen LogP contribution in [0, 0.1) is 12.7 Å². The number of benzene rings is 2. The van der Waals surface area contributed by atoms with E-state index in [2.05, 4.69) is 20.5 Å². The van der Waals surface area contributed by atoms with Crippen LogP contribution in [-0.4, -0.2) is 36.9 Å². The molecular weight excluding hydrogens is 447 g/mol. The summed E-state index contributed by atoms with van der Waals surface area (Å²) in [5, 5.41) is 21.7. The van der Waals surface area contributed by atoms with E-state index in [1.165, 1.54) is 18.3 Å². The molecule has 34 heavy (non-hydrogen) atoms. The van der Waals surface area contributed by atoms with Crippen molar-refractivity contribution in [1.29, 1.82) is 0 Å². The van der Waals surface area contributed by atoms with E-state index >= 15 is 8.78 Å². The standard InChI is InChI=1S/C24H22F3N5O2/c1-3-34-19-8-5-17(6-9-19)18-7-11-22(28-13-18)24(26,27)23(33,14-32-15-29-30-31-32)20-10-4-16(2)12-21(20)25/h4-13,15,33H,3,14H2,1-2H3. The van der Waals surface area contributed by atoms with Crippen molar-refractivity contribution in [2.24, 2.45) is 0 Å². The van der Waals surface area contributed by atoms with Crippen LogP contribution in [0.2, 0.25) is 0 Å². The highest BCUT2D eigenvalue weighted by Crippen LogP contribution is 2.46. The molecule has 176 valence electrons. The first kappa shape index (κ1) is 23.4. The van der Waals surface area contributed by atoms with Crippen LogP contribution in [0.1, 0.15) is 23.7 Å². The number of aromatic nitrogens is 5. The number of ether oxygens (including phenoxy) is 1. The summed E-state index contributed by atoms with van der Waals surface area (Å²) in [7, 11) is 0. The van der Waals surface area contributed by atoms with Gasteiger partial charge in [-0.3, -0.25) is 4.98 Å². The van der Waals surface area contributed by atoms with Crippen LogP contribution in [-0.2, 0) is 18.1 Å². The van der Waals surface area contributed by atoms with E-state index in [9.17, 15) is 9.50 Å². The number of tetrazole rings is 1. The molecule has 7 nitrogen and oxygen atoms in total. The van der Waals surface area contributed by atoms with Gasteiger partial charge in [-0.05, 0) is 59.7 Å². The topological polar surface area (TPSA) is 86.0 Å². The lowest BCUT2D eigenvalue weighted by atomic mass is 9.84. The maximum absolute atomic E-state index is 15.9. The van der Waals surface area contributed by atoms with Crippen molar-refractivity contribution in [2.45, 2.75) is 31.9 Å². The summed E-state index contributed by atoms with van der Waals surface area (Å²) in [5.41, 5.74) is -2.47. The maximum Gasteiger partial charge on any atom is 0.323 e. The highest BCUT2D eigenvalue weighted by Gasteiger charge is 2.57. The highest BCUT2D eigenvalue weighted by atomic mass is 19.3. The third-order valence-corrected chi connectivity index (χ3v) is 5.46. The second-order valence-corrected chi connectivity index (χ2v) is 7.81. The molecule has 0 amide bonds. The molecule has 0 spiro atoms. The Balaban J connectivity index is 1.72. The molecule has 2 heterocycles. The average Bonchev–Trinajstić information content (AvgIpc) is 3.32. The monoisotopic (exact) mass is 469 g/mol. The molecule has 2 aromatic carbocycles. The second kappa shape index (κ2) is 9.22. The van der Waals surface area contributed by atoms with Gasteiger partial charge in [0.2, 0.25) is 0 Å². The highest BCUT2D eigenvalue weighted by molar-refractivity contribution is 5.63. The number of nitrogens with zero attached hydrogens (tertiary/aromatic N) is 5. The van der Waals surface area contributed by atoms with Crippen LogP contribution in [0.5, 0.6) is 5.75 Å². The van der Waals surface area contributed by atoms with Crippen molar-refractivity contribution in [3.05, 3.63) is 89.8 Å². The third kappa shape index (κ3) is 4.36. The molecule has 0 fully saturated rings. The number of aliphatic hydroxyl groups is 1. The van der Waals surface area contributed by atoms with Crippen molar-refractivity contribution in [2.75, 3.05) is 6.61 Å². The van der Waals surface area contributed by atoms with Gasteiger partial charge in [-0.2, -0.15) is 8.78 Å². The molecule has 1 N–H and O–H groups in total. The fraction of sp³-hybridized carbons (Fsp3) is 0.250. The van der Waals surface area contributed by atoms with Crippen LogP contribution in [0.4, 0.5) is 13.2 Å². The Hall–Kier alpha value is -3.79. The summed E-state index contributed by atoms with van der Waals surface area (Å²) >= 11 is 0. The van der Waals surface area contributed by atoms with Gasteiger partial charge in [-0.15, -0.1) is 5.10 Å². The van der Waals surface area contributed by atoms with Gasteiger partial charge in [-0.1, -0.05) is 30.3 Å².